The van der Waals surface area contributed by atoms with Gasteiger partial charge in [-0.2, -0.15) is 0 Å². The molecule has 0 aliphatic rings. The highest BCUT2D eigenvalue weighted by molar-refractivity contribution is 7.16. The molecule has 0 spiro atoms. The van der Waals surface area contributed by atoms with Crippen molar-refractivity contribution in [2.45, 2.75) is 19.3 Å². The Balaban J connectivity index is 2.04. The van der Waals surface area contributed by atoms with E-state index in [1.807, 2.05) is 23.7 Å². The van der Waals surface area contributed by atoms with Crippen LogP contribution in [0.4, 0.5) is 0 Å². The Kier molecular flexibility index (Phi) is 2.97. The van der Waals surface area contributed by atoms with Crippen molar-refractivity contribution in [3.8, 4) is 0 Å². The number of hydrogen-bond acceptors (Lipinski definition) is 3. The van der Waals surface area contributed by atoms with E-state index in [9.17, 15) is 4.79 Å². The number of carbonyl (C=O) groups is 1. The number of nitrogens with zero attached hydrogens (tertiary/aromatic N) is 1. The predicted octanol–water partition coefficient (Wildman–Crippen LogP) is 2.70. The van der Waals surface area contributed by atoms with E-state index in [4.69, 9.17) is 5.11 Å². The Morgan fingerprint density at radius 2 is 2.33 bits per heavy atom. The first-order valence-corrected chi connectivity index (χ1v) is 5.67. The average molecular weight is 221 g/mol. The van der Waals surface area contributed by atoms with Gasteiger partial charge in [-0.3, -0.25) is 4.79 Å². The molecule has 0 fully saturated rings. The monoisotopic (exact) mass is 221 g/mol. The molecular formula is C11H11NO2S. The summed E-state index contributed by atoms with van der Waals surface area (Å²) >= 11 is 1.62. The summed E-state index contributed by atoms with van der Waals surface area (Å²) in [5.74, 6) is -0.732. The van der Waals surface area contributed by atoms with Gasteiger partial charge in [-0.15, -0.1) is 11.3 Å². The zero-order chi connectivity index (χ0) is 10.7. The lowest BCUT2D eigenvalue weighted by molar-refractivity contribution is -0.137. The lowest BCUT2D eigenvalue weighted by atomic mass is 10.1. The topological polar surface area (TPSA) is 50.2 Å². The van der Waals surface area contributed by atoms with Crippen LogP contribution < -0.4 is 0 Å². The molecule has 15 heavy (non-hydrogen) atoms. The lowest BCUT2D eigenvalue weighted by Crippen LogP contribution is -1.95. The molecule has 2 aromatic rings. The van der Waals surface area contributed by atoms with Crippen molar-refractivity contribution in [2.24, 2.45) is 0 Å². The Morgan fingerprint density at radius 3 is 3.13 bits per heavy atom. The number of carboxylic acids is 1. The fourth-order valence-corrected chi connectivity index (χ4v) is 2.16. The molecule has 4 heteroatoms. The minimum atomic E-state index is -0.732. The van der Waals surface area contributed by atoms with Crippen LogP contribution in [-0.4, -0.2) is 16.1 Å². The molecule has 0 unspecified atom stereocenters. The van der Waals surface area contributed by atoms with E-state index in [0.717, 1.165) is 17.5 Å². The quantitative estimate of drug-likeness (QED) is 0.863. The zero-order valence-corrected chi connectivity index (χ0v) is 8.96. The average Bonchev–Trinajstić information content (AvgIpc) is 2.64. The number of aryl methyl sites for hydroxylation is 1. The zero-order valence-electron chi connectivity index (χ0n) is 8.14. The third-order valence-corrected chi connectivity index (χ3v) is 3.06. The maximum Gasteiger partial charge on any atom is 0.303 e. The summed E-state index contributed by atoms with van der Waals surface area (Å²) < 4.78 is 1.18. The summed E-state index contributed by atoms with van der Waals surface area (Å²) in [6.07, 6.45) is 1.72. The van der Waals surface area contributed by atoms with Crippen LogP contribution in [0.25, 0.3) is 10.2 Å². The third kappa shape index (κ3) is 2.53. The van der Waals surface area contributed by atoms with Crippen LogP contribution in [0.5, 0.6) is 0 Å². The van der Waals surface area contributed by atoms with Crippen LogP contribution in [-0.2, 0) is 11.2 Å². The van der Waals surface area contributed by atoms with E-state index in [2.05, 4.69) is 4.98 Å². The normalized spacial score (nSPS) is 10.7. The summed E-state index contributed by atoms with van der Waals surface area (Å²) in [4.78, 5) is 14.6. The molecule has 0 radical (unpaired) electrons. The van der Waals surface area contributed by atoms with Crippen molar-refractivity contribution in [3.05, 3.63) is 29.3 Å². The van der Waals surface area contributed by atoms with Gasteiger partial charge in [0.05, 0.1) is 15.7 Å². The van der Waals surface area contributed by atoms with Crippen LogP contribution in [0.3, 0.4) is 0 Å². The fraction of sp³-hybridized carbons (Fsp3) is 0.273. The largest absolute Gasteiger partial charge is 0.481 e. The molecule has 0 aliphatic heterocycles. The van der Waals surface area contributed by atoms with Crippen molar-refractivity contribution >= 4 is 27.5 Å². The molecule has 1 N–H and O–H groups in total. The minimum absolute atomic E-state index is 0.231. The molecule has 3 nitrogen and oxygen atoms in total. The number of rotatable bonds is 4. The van der Waals surface area contributed by atoms with Crippen molar-refractivity contribution in [3.63, 3.8) is 0 Å². The molecule has 78 valence electrons. The predicted molar refractivity (Wildman–Crippen MR) is 60.2 cm³/mol. The molecule has 0 aliphatic carbocycles. The number of carboxylic acid groups (broad SMARTS) is 1. The van der Waals surface area contributed by atoms with Crippen LogP contribution >= 0.6 is 11.3 Å². The van der Waals surface area contributed by atoms with Crippen molar-refractivity contribution in [1.82, 2.24) is 4.98 Å². The SMILES string of the molecule is O=C(O)CCCc1ccc2scnc2c1. The van der Waals surface area contributed by atoms with E-state index in [-0.39, 0.29) is 6.42 Å². The molecule has 1 heterocycles. The number of thiazole rings is 1. The molecule has 2 rings (SSSR count). The van der Waals surface area contributed by atoms with E-state index >= 15 is 0 Å². The number of fused-ring (bicyclic) bond motifs is 1. The highest BCUT2D eigenvalue weighted by Gasteiger charge is 2.01. The standard InChI is InChI=1S/C11H11NO2S/c13-11(14)3-1-2-8-4-5-10-9(6-8)12-7-15-10/h4-7H,1-3H2,(H,13,14). The van der Waals surface area contributed by atoms with Gasteiger partial charge in [0.1, 0.15) is 0 Å². The second kappa shape index (κ2) is 4.40. The molecule has 0 bridgehead atoms. The number of aromatic nitrogens is 1. The van der Waals surface area contributed by atoms with Gasteiger partial charge in [0.2, 0.25) is 0 Å². The Bertz CT molecular complexity index is 478. The van der Waals surface area contributed by atoms with E-state index in [0.29, 0.717) is 6.42 Å². The van der Waals surface area contributed by atoms with Crippen LogP contribution in [0, 0.1) is 0 Å². The van der Waals surface area contributed by atoms with Gasteiger partial charge in [-0.25, -0.2) is 4.98 Å². The first-order chi connectivity index (χ1) is 7.25. The van der Waals surface area contributed by atoms with E-state index < -0.39 is 5.97 Å². The second-order valence-electron chi connectivity index (χ2n) is 3.40. The molecular weight excluding hydrogens is 210 g/mol. The van der Waals surface area contributed by atoms with Crippen LogP contribution in [0.2, 0.25) is 0 Å². The fourth-order valence-electron chi connectivity index (χ4n) is 1.50. The van der Waals surface area contributed by atoms with Gasteiger partial charge in [0.15, 0.2) is 0 Å². The van der Waals surface area contributed by atoms with Gasteiger partial charge in [-0.05, 0) is 30.5 Å². The third-order valence-electron chi connectivity index (χ3n) is 2.25. The van der Waals surface area contributed by atoms with E-state index in [1.165, 1.54) is 4.70 Å². The number of aliphatic carboxylic acids is 1. The number of benzene rings is 1. The first kappa shape index (κ1) is 10.1. The van der Waals surface area contributed by atoms with Crippen molar-refractivity contribution in [2.75, 3.05) is 0 Å². The van der Waals surface area contributed by atoms with Gasteiger partial charge in [0, 0.05) is 6.42 Å². The Labute approximate surface area is 91.4 Å². The summed E-state index contributed by atoms with van der Waals surface area (Å²) in [7, 11) is 0. The van der Waals surface area contributed by atoms with Gasteiger partial charge in [-0.1, -0.05) is 6.07 Å². The highest BCUT2D eigenvalue weighted by atomic mass is 32.1. The second-order valence-corrected chi connectivity index (χ2v) is 4.29. The summed E-state index contributed by atoms with van der Waals surface area (Å²) in [6, 6.07) is 6.12. The summed E-state index contributed by atoms with van der Waals surface area (Å²) in [5, 5.41) is 8.52. The molecule has 1 aromatic carbocycles. The van der Waals surface area contributed by atoms with Gasteiger partial charge in [0.25, 0.3) is 0 Å². The van der Waals surface area contributed by atoms with Crippen LogP contribution in [0.1, 0.15) is 18.4 Å². The number of hydrogen-bond donors (Lipinski definition) is 1. The minimum Gasteiger partial charge on any atom is -0.481 e. The van der Waals surface area contributed by atoms with Crippen LogP contribution in [0.15, 0.2) is 23.7 Å². The summed E-state index contributed by atoms with van der Waals surface area (Å²) in [5.41, 5.74) is 3.99. The molecule has 1 aromatic heterocycles. The maximum absolute atomic E-state index is 10.3. The smallest absolute Gasteiger partial charge is 0.303 e. The van der Waals surface area contributed by atoms with Gasteiger partial charge >= 0.3 is 5.97 Å². The highest BCUT2D eigenvalue weighted by Crippen LogP contribution is 2.19. The summed E-state index contributed by atoms with van der Waals surface area (Å²) in [6.45, 7) is 0. The molecule has 0 atom stereocenters. The molecule has 0 saturated heterocycles. The molecule has 0 saturated carbocycles. The van der Waals surface area contributed by atoms with Crippen molar-refractivity contribution < 1.29 is 9.90 Å². The van der Waals surface area contributed by atoms with Gasteiger partial charge < -0.3 is 5.11 Å². The first-order valence-electron chi connectivity index (χ1n) is 4.79. The maximum atomic E-state index is 10.3. The lowest BCUT2D eigenvalue weighted by Gasteiger charge is -1.99. The van der Waals surface area contributed by atoms with Crippen molar-refractivity contribution in [1.29, 1.82) is 0 Å². The Hall–Kier alpha value is -1.42. The Morgan fingerprint density at radius 1 is 1.47 bits per heavy atom. The van der Waals surface area contributed by atoms with E-state index in [1.54, 1.807) is 11.3 Å². The molecule has 0 amide bonds.